The monoisotopic (exact) mass is 295 g/mol. The summed E-state index contributed by atoms with van der Waals surface area (Å²) in [6.45, 7) is 0. The van der Waals surface area contributed by atoms with Gasteiger partial charge in [-0.25, -0.2) is 17.1 Å². The smallest absolute Gasteiger partial charge is 0.242 e. The van der Waals surface area contributed by atoms with Crippen LogP contribution in [-0.4, -0.2) is 31.9 Å². The Balaban J connectivity index is 2.55. The van der Waals surface area contributed by atoms with Gasteiger partial charge in [0.15, 0.2) is 0 Å². The van der Waals surface area contributed by atoms with Gasteiger partial charge < -0.3 is 5.11 Å². The van der Waals surface area contributed by atoms with Crippen LogP contribution in [0.2, 0.25) is 0 Å². The van der Waals surface area contributed by atoms with Gasteiger partial charge in [-0.15, -0.1) is 0 Å². The van der Waals surface area contributed by atoms with Crippen molar-refractivity contribution in [1.29, 1.82) is 0 Å². The molecule has 2 rings (SSSR count). The molecule has 0 radical (unpaired) electrons. The zero-order valence-corrected chi connectivity index (χ0v) is 11.9. The molecule has 1 N–H and O–H groups in total. The first-order valence-electron chi connectivity index (χ1n) is 5.83. The fourth-order valence-corrected chi connectivity index (χ4v) is 2.74. The number of hydrogen-bond donors (Lipinski definition) is 1. The number of aromatic hydroxyl groups is 1. The third kappa shape index (κ3) is 2.81. The van der Waals surface area contributed by atoms with E-state index in [1.54, 1.807) is 12.1 Å². The van der Waals surface area contributed by atoms with E-state index >= 15 is 0 Å². The van der Waals surface area contributed by atoms with Crippen LogP contribution in [-0.2, 0) is 10.0 Å². The van der Waals surface area contributed by atoms with Crippen LogP contribution >= 0.6 is 0 Å². The van der Waals surface area contributed by atoms with Crippen molar-refractivity contribution in [1.82, 2.24) is 4.31 Å². The van der Waals surface area contributed by atoms with Gasteiger partial charge in [-0.05, 0) is 35.4 Å². The molecule has 0 aromatic heterocycles. The van der Waals surface area contributed by atoms with Crippen LogP contribution in [0.15, 0.2) is 47.4 Å². The Morgan fingerprint density at radius 2 is 1.75 bits per heavy atom. The van der Waals surface area contributed by atoms with Crippen molar-refractivity contribution >= 4 is 10.0 Å². The third-order valence-electron chi connectivity index (χ3n) is 2.83. The van der Waals surface area contributed by atoms with Gasteiger partial charge in [-0.3, -0.25) is 0 Å². The molecular weight excluding hydrogens is 281 g/mol. The Labute approximate surface area is 117 Å². The predicted octanol–water partition coefficient (Wildman–Crippen LogP) is 2.45. The Morgan fingerprint density at radius 1 is 1.05 bits per heavy atom. The van der Waals surface area contributed by atoms with Crippen LogP contribution < -0.4 is 0 Å². The van der Waals surface area contributed by atoms with Crippen LogP contribution in [0.3, 0.4) is 0 Å². The maximum atomic E-state index is 13.3. The van der Waals surface area contributed by atoms with Crippen molar-refractivity contribution in [3.8, 4) is 16.9 Å². The number of benzene rings is 2. The SMILES string of the molecule is CN(C)S(=O)(=O)c1cccc(-c2cc(O)cc(F)c2)c1. The van der Waals surface area contributed by atoms with E-state index in [0.29, 0.717) is 11.1 Å². The molecule has 6 heteroatoms. The van der Waals surface area contributed by atoms with Gasteiger partial charge in [-0.2, -0.15) is 0 Å². The Bertz CT molecular complexity index is 722. The highest BCUT2D eigenvalue weighted by Gasteiger charge is 2.17. The molecule has 0 unspecified atom stereocenters. The van der Waals surface area contributed by atoms with Crippen molar-refractivity contribution in [2.45, 2.75) is 4.90 Å². The summed E-state index contributed by atoms with van der Waals surface area (Å²) in [4.78, 5) is 0.115. The second-order valence-corrected chi connectivity index (χ2v) is 6.67. The van der Waals surface area contributed by atoms with Crippen molar-refractivity contribution in [2.75, 3.05) is 14.1 Å². The number of nitrogens with zero attached hydrogens (tertiary/aromatic N) is 1. The highest BCUT2D eigenvalue weighted by atomic mass is 32.2. The topological polar surface area (TPSA) is 57.6 Å². The minimum atomic E-state index is -3.55. The number of phenolic OH excluding ortho intramolecular Hbond substituents is 1. The van der Waals surface area contributed by atoms with E-state index in [1.165, 1.54) is 38.4 Å². The molecule has 0 bridgehead atoms. The van der Waals surface area contributed by atoms with E-state index in [9.17, 15) is 17.9 Å². The molecule has 0 aliphatic carbocycles. The van der Waals surface area contributed by atoms with Gasteiger partial charge in [0, 0.05) is 20.2 Å². The second-order valence-electron chi connectivity index (χ2n) is 4.51. The van der Waals surface area contributed by atoms with E-state index < -0.39 is 15.8 Å². The lowest BCUT2D eigenvalue weighted by molar-refractivity contribution is 0.469. The quantitative estimate of drug-likeness (QED) is 0.946. The first kappa shape index (κ1) is 14.5. The standard InChI is InChI=1S/C14H14FNO3S/c1-16(2)20(18,19)14-5-3-4-10(8-14)11-6-12(15)9-13(17)7-11/h3-9,17H,1-2H3. The minimum absolute atomic E-state index is 0.115. The normalized spacial score (nSPS) is 11.8. The molecule has 20 heavy (non-hydrogen) atoms. The van der Waals surface area contributed by atoms with Gasteiger partial charge >= 0.3 is 0 Å². The van der Waals surface area contributed by atoms with Gasteiger partial charge in [-0.1, -0.05) is 12.1 Å². The summed E-state index contributed by atoms with van der Waals surface area (Å²) in [7, 11) is -0.670. The zero-order chi connectivity index (χ0) is 14.9. The highest BCUT2D eigenvalue weighted by Crippen LogP contribution is 2.27. The third-order valence-corrected chi connectivity index (χ3v) is 4.64. The van der Waals surface area contributed by atoms with E-state index in [2.05, 4.69) is 0 Å². The molecule has 0 fully saturated rings. The molecule has 0 atom stereocenters. The molecule has 0 saturated heterocycles. The summed E-state index contributed by atoms with van der Waals surface area (Å²) in [5, 5.41) is 9.41. The molecule has 0 aliphatic heterocycles. The van der Waals surface area contributed by atoms with Crippen molar-refractivity contribution in [3.63, 3.8) is 0 Å². The lowest BCUT2D eigenvalue weighted by atomic mass is 10.1. The van der Waals surface area contributed by atoms with Crippen molar-refractivity contribution in [2.24, 2.45) is 0 Å². The van der Waals surface area contributed by atoms with Gasteiger partial charge in [0.25, 0.3) is 0 Å². The first-order valence-corrected chi connectivity index (χ1v) is 7.27. The zero-order valence-electron chi connectivity index (χ0n) is 11.0. The molecule has 0 aliphatic rings. The predicted molar refractivity (Wildman–Crippen MR) is 74.4 cm³/mol. The van der Waals surface area contributed by atoms with Crippen LogP contribution in [0.5, 0.6) is 5.75 Å². The van der Waals surface area contributed by atoms with Crippen LogP contribution in [0.4, 0.5) is 4.39 Å². The van der Waals surface area contributed by atoms with Crippen LogP contribution in [0.1, 0.15) is 0 Å². The number of sulfonamides is 1. The van der Waals surface area contributed by atoms with Crippen molar-refractivity contribution < 1.29 is 17.9 Å². The molecule has 0 amide bonds. The molecule has 106 valence electrons. The number of rotatable bonds is 3. The Morgan fingerprint density at radius 3 is 2.35 bits per heavy atom. The summed E-state index contributed by atoms with van der Waals surface area (Å²) in [5.41, 5.74) is 0.932. The molecule has 0 spiro atoms. The molecule has 2 aromatic rings. The van der Waals surface area contributed by atoms with Crippen LogP contribution in [0, 0.1) is 5.82 Å². The van der Waals surface area contributed by atoms with E-state index in [4.69, 9.17) is 0 Å². The lowest BCUT2D eigenvalue weighted by Gasteiger charge is -2.12. The highest BCUT2D eigenvalue weighted by molar-refractivity contribution is 7.89. The Hall–Kier alpha value is -1.92. The summed E-state index contributed by atoms with van der Waals surface area (Å²) < 4.78 is 38.5. The molecule has 0 heterocycles. The molecule has 4 nitrogen and oxygen atoms in total. The molecule has 2 aromatic carbocycles. The number of hydrogen-bond acceptors (Lipinski definition) is 3. The van der Waals surface area contributed by atoms with E-state index in [1.807, 2.05) is 0 Å². The Kier molecular flexibility index (Phi) is 3.78. The largest absolute Gasteiger partial charge is 0.508 e. The first-order chi connectivity index (χ1) is 9.30. The van der Waals surface area contributed by atoms with E-state index in [-0.39, 0.29) is 10.6 Å². The summed E-state index contributed by atoms with van der Waals surface area (Å²) in [5.74, 6) is -0.790. The van der Waals surface area contributed by atoms with Gasteiger partial charge in [0.05, 0.1) is 4.90 Å². The number of halogens is 1. The number of phenols is 1. The average molecular weight is 295 g/mol. The van der Waals surface area contributed by atoms with Gasteiger partial charge in [0.1, 0.15) is 11.6 Å². The summed E-state index contributed by atoms with van der Waals surface area (Å²) >= 11 is 0. The molecular formula is C14H14FNO3S. The maximum absolute atomic E-state index is 13.3. The summed E-state index contributed by atoms with van der Waals surface area (Å²) in [6, 6.07) is 9.76. The van der Waals surface area contributed by atoms with Crippen LogP contribution in [0.25, 0.3) is 11.1 Å². The molecule has 0 saturated carbocycles. The maximum Gasteiger partial charge on any atom is 0.242 e. The summed E-state index contributed by atoms with van der Waals surface area (Å²) in [6.07, 6.45) is 0. The second kappa shape index (κ2) is 5.22. The minimum Gasteiger partial charge on any atom is -0.508 e. The fraction of sp³-hybridized carbons (Fsp3) is 0.143. The van der Waals surface area contributed by atoms with Gasteiger partial charge in [0.2, 0.25) is 10.0 Å². The van der Waals surface area contributed by atoms with E-state index in [0.717, 1.165) is 10.4 Å². The average Bonchev–Trinajstić information content (AvgIpc) is 2.37. The lowest BCUT2D eigenvalue weighted by Crippen LogP contribution is -2.22. The van der Waals surface area contributed by atoms with Crippen molar-refractivity contribution in [3.05, 3.63) is 48.3 Å². The fourth-order valence-electron chi connectivity index (χ4n) is 1.79.